The Balaban J connectivity index is 1.29. The third kappa shape index (κ3) is 5.01. The number of fused-ring (bicyclic) bond motifs is 1. The topological polar surface area (TPSA) is 101 Å². The molecule has 1 aliphatic carbocycles. The van der Waals surface area contributed by atoms with Gasteiger partial charge in [0.05, 0.1) is 24.2 Å². The molecule has 2 aliphatic heterocycles. The summed E-state index contributed by atoms with van der Waals surface area (Å²) in [7, 11) is 0. The number of morpholine rings is 1. The number of halogens is 2. The van der Waals surface area contributed by atoms with Crippen molar-refractivity contribution < 1.29 is 18.3 Å². The van der Waals surface area contributed by atoms with Gasteiger partial charge in [-0.05, 0) is 50.7 Å². The van der Waals surface area contributed by atoms with Crippen molar-refractivity contribution in [3.63, 3.8) is 0 Å². The number of carbonyl (C=O) groups excluding carboxylic acids is 1. The van der Waals surface area contributed by atoms with Crippen LogP contribution < -0.4 is 10.2 Å². The first kappa shape index (κ1) is 24.9. The number of piperidine rings is 1. The first-order valence-electron chi connectivity index (χ1n) is 13.5. The van der Waals surface area contributed by atoms with Crippen molar-refractivity contribution in [2.24, 2.45) is 0 Å². The molecule has 2 saturated heterocycles. The summed E-state index contributed by atoms with van der Waals surface area (Å²) in [6.07, 6.45) is 3.50. The van der Waals surface area contributed by atoms with Crippen LogP contribution in [0.3, 0.4) is 0 Å². The molecule has 2 aromatic heterocycles. The number of para-hydroxylation sites is 2. The highest BCUT2D eigenvalue weighted by Gasteiger charge is 2.31. The Kier molecular flexibility index (Phi) is 7.05. The highest BCUT2D eigenvalue weighted by molar-refractivity contribution is 5.78. The third-order valence-corrected chi connectivity index (χ3v) is 7.72. The number of benzene rings is 1. The first-order chi connectivity index (χ1) is 18.6. The SMILES string of the molecule is O=C1CCCCN1C1CCC(Nc2nc(N3CCOCC3)nc(-n3c(C(F)F)nc4ccccc43)n2)CC1. The molecular weight excluding hydrogens is 494 g/mol. The number of aromatic nitrogens is 5. The number of amides is 1. The molecular formula is C26H32F2N8O2. The molecule has 0 spiro atoms. The molecule has 202 valence electrons. The van der Waals surface area contributed by atoms with Crippen LogP contribution in [0.15, 0.2) is 24.3 Å². The van der Waals surface area contributed by atoms with E-state index in [1.807, 2.05) is 4.90 Å². The molecule has 0 unspecified atom stereocenters. The van der Waals surface area contributed by atoms with Crippen molar-refractivity contribution in [2.45, 2.75) is 63.5 Å². The summed E-state index contributed by atoms with van der Waals surface area (Å²) in [6.45, 7) is 3.14. The molecule has 1 amide bonds. The number of nitrogens with one attached hydrogen (secondary N) is 1. The zero-order valence-electron chi connectivity index (χ0n) is 21.2. The quantitative estimate of drug-likeness (QED) is 0.519. The number of hydrogen-bond donors (Lipinski definition) is 1. The lowest BCUT2D eigenvalue weighted by atomic mass is 9.89. The fourth-order valence-corrected chi connectivity index (χ4v) is 5.75. The highest BCUT2D eigenvalue weighted by Crippen LogP contribution is 2.30. The zero-order chi connectivity index (χ0) is 26.1. The van der Waals surface area contributed by atoms with Gasteiger partial charge in [0.2, 0.25) is 23.8 Å². The average Bonchev–Trinajstić information content (AvgIpc) is 3.34. The number of alkyl halides is 2. The van der Waals surface area contributed by atoms with E-state index in [1.165, 1.54) is 4.57 Å². The van der Waals surface area contributed by atoms with E-state index in [2.05, 4.69) is 30.2 Å². The largest absolute Gasteiger partial charge is 0.378 e. The minimum atomic E-state index is -2.80. The van der Waals surface area contributed by atoms with Gasteiger partial charge < -0.3 is 19.9 Å². The van der Waals surface area contributed by atoms with E-state index in [-0.39, 0.29) is 23.9 Å². The summed E-state index contributed by atoms with van der Waals surface area (Å²) in [4.78, 5) is 34.5. The van der Waals surface area contributed by atoms with Crippen molar-refractivity contribution in [3.8, 4) is 5.95 Å². The molecule has 0 bridgehead atoms. The molecule has 0 atom stereocenters. The number of rotatable bonds is 6. The minimum Gasteiger partial charge on any atom is -0.378 e. The molecule has 1 saturated carbocycles. The fourth-order valence-electron chi connectivity index (χ4n) is 5.75. The second-order valence-electron chi connectivity index (χ2n) is 10.1. The highest BCUT2D eigenvalue weighted by atomic mass is 19.3. The van der Waals surface area contributed by atoms with E-state index in [0.717, 1.165) is 45.1 Å². The summed E-state index contributed by atoms with van der Waals surface area (Å²) in [5.74, 6) is 0.759. The van der Waals surface area contributed by atoms with Crippen LogP contribution in [0, 0.1) is 0 Å². The zero-order valence-corrected chi connectivity index (χ0v) is 21.2. The number of ether oxygens (including phenoxy) is 1. The smallest absolute Gasteiger partial charge is 0.296 e. The van der Waals surface area contributed by atoms with E-state index >= 15 is 0 Å². The van der Waals surface area contributed by atoms with Gasteiger partial charge in [-0.2, -0.15) is 15.0 Å². The number of hydrogen-bond acceptors (Lipinski definition) is 8. The molecule has 6 rings (SSSR count). The Morgan fingerprint density at radius 2 is 1.68 bits per heavy atom. The molecule has 1 N–H and O–H groups in total. The Morgan fingerprint density at radius 3 is 2.45 bits per heavy atom. The first-order valence-corrected chi connectivity index (χ1v) is 13.5. The number of imidazole rings is 1. The number of nitrogens with zero attached hydrogens (tertiary/aromatic N) is 7. The Morgan fingerprint density at radius 1 is 0.921 bits per heavy atom. The summed E-state index contributed by atoms with van der Waals surface area (Å²) in [5.41, 5.74) is 0.968. The fraction of sp³-hybridized carbons (Fsp3) is 0.577. The van der Waals surface area contributed by atoms with Gasteiger partial charge in [-0.1, -0.05) is 12.1 Å². The molecule has 12 heteroatoms. The summed E-state index contributed by atoms with van der Waals surface area (Å²) in [5, 5.41) is 3.45. The molecule has 3 fully saturated rings. The van der Waals surface area contributed by atoms with Gasteiger partial charge in [0.1, 0.15) is 0 Å². The van der Waals surface area contributed by atoms with Crippen LogP contribution >= 0.6 is 0 Å². The minimum absolute atomic E-state index is 0.112. The molecule has 4 heterocycles. The predicted molar refractivity (Wildman–Crippen MR) is 138 cm³/mol. The van der Waals surface area contributed by atoms with Crippen molar-refractivity contribution in [1.29, 1.82) is 0 Å². The van der Waals surface area contributed by atoms with Gasteiger partial charge in [-0.15, -0.1) is 0 Å². The predicted octanol–water partition coefficient (Wildman–Crippen LogP) is 3.72. The third-order valence-electron chi connectivity index (χ3n) is 7.72. The van der Waals surface area contributed by atoms with Crippen LogP contribution in [0.2, 0.25) is 0 Å². The maximum atomic E-state index is 14.1. The summed E-state index contributed by atoms with van der Waals surface area (Å²) < 4.78 is 35.0. The van der Waals surface area contributed by atoms with E-state index in [1.54, 1.807) is 24.3 Å². The van der Waals surface area contributed by atoms with Crippen molar-refractivity contribution >= 4 is 28.8 Å². The van der Waals surface area contributed by atoms with E-state index in [4.69, 9.17) is 4.74 Å². The molecule has 3 aliphatic rings. The monoisotopic (exact) mass is 526 g/mol. The average molecular weight is 527 g/mol. The van der Waals surface area contributed by atoms with Gasteiger partial charge in [-0.3, -0.25) is 9.36 Å². The van der Waals surface area contributed by atoms with Crippen LogP contribution in [0.4, 0.5) is 20.7 Å². The molecule has 3 aromatic rings. The Hall–Kier alpha value is -3.41. The molecule has 0 radical (unpaired) electrons. The number of carbonyl (C=O) groups is 1. The second-order valence-corrected chi connectivity index (χ2v) is 10.1. The molecule has 1 aromatic carbocycles. The Labute approximate surface area is 219 Å². The van der Waals surface area contributed by atoms with Gasteiger partial charge >= 0.3 is 0 Å². The maximum Gasteiger partial charge on any atom is 0.296 e. The summed E-state index contributed by atoms with van der Waals surface area (Å²) >= 11 is 0. The normalized spacial score (nSPS) is 22.9. The van der Waals surface area contributed by atoms with Crippen molar-refractivity contribution in [3.05, 3.63) is 30.1 Å². The lowest BCUT2D eigenvalue weighted by molar-refractivity contribution is -0.136. The van der Waals surface area contributed by atoms with Gasteiger partial charge in [-0.25, -0.2) is 13.8 Å². The lowest BCUT2D eigenvalue weighted by Crippen LogP contribution is -2.46. The summed E-state index contributed by atoms with van der Waals surface area (Å²) in [6, 6.07) is 7.39. The van der Waals surface area contributed by atoms with Crippen LogP contribution in [0.1, 0.15) is 57.2 Å². The van der Waals surface area contributed by atoms with Crippen LogP contribution in [0.5, 0.6) is 0 Å². The standard InChI is InChI=1S/C26H32F2N8O2/c27-22(28)23-30-19-5-1-2-6-20(19)36(23)26-32-24(31-25(33-26)34-13-15-38-16-14-34)29-17-8-10-18(11-9-17)35-12-4-3-7-21(35)37/h1-2,5-6,17-18,22H,3-4,7-16H2,(H,29,31,32,33). The van der Waals surface area contributed by atoms with E-state index in [9.17, 15) is 13.6 Å². The van der Waals surface area contributed by atoms with Gasteiger partial charge in [0.25, 0.3) is 6.43 Å². The van der Waals surface area contributed by atoms with Crippen LogP contribution in [-0.4, -0.2) is 80.2 Å². The Bertz CT molecular complexity index is 1290. The lowest BCUT2D eigenvalue weighted by Gasteiger charge is -2.39. The van der Waals surface area contributed by atoms with E-state index in [0.29, 0.717) is 55.7 Å². The number of anilines is 2. The van der Waals surface area contributed by atoms with Crippen molar-refractivity contribution in [1.82, 2.24) is 29.4 Å². The molecule has 10 nitrogen and oxygen atoms in total. The maximum absolute atomic E-state index is 14.1. The van der Waals surface area contributed by atoms with E-state index < -0.39 is 12.2 Å². The molecule has 38 heavy (non-hydrogen) atoms. The van der Waals surface area contributed by atoms with Gasteiger partial charge in [0, 0.05) is 38.1 Å². The van der Waals surface area contributed by atoms with Crippen molar-refractivity contribution in [2.75, 3.05) is 43.1 Å². The van der Waals surface area contributed by atoms with Crippen LogP contribution in [-0.2, 0) is 9.53 Å². The van der Waals surface area contributed by atoms with Crippen LogP contribution in [0.25, 0.3) is 17.0 Å². The van der Waals surface area contributed by atoms with Gasteiger partial charge in [0.15, 0.2) is 5.82 Å². The number of likely N-dealkylation sites (tertiary alicyclic amines) is 1. The second kappa shape index (κ2) is 10.8.